The number of aromatic nitrogens is 4. The molecule has 5 rings (SSSR count). The number of benzene rings is 2. The van der Waals surface area contributed by atoms with Crippen molar-refractivity contribution in [3.63, 3.8) is 0 Å². The average Bonchev–Trinajstić information content (AvgIpc) is 3.33. The highest BCUT2D eigenvalue weighted by atomic mass is 16.5. The van der Waals surface area contributed by atoms with Crippen LogP contribution in [0.5, 0.6) is 5.75 Å². The third kappa shape index (κ3) is 4.25. The highest BCUT2D eigenvalue weighted by Crippen LogP contribution is 2.21. The fourth-order valence-corrected chi connectivity index (χ4v) is 4.44. The number of fused-ring (bicyclic) bond motifs is 2. The van der Waals surface area contributed by atoms with Gasteiger partial charge in [0.05, 0.1) is 16.7 Å². The first-order valence-electron chi connectivity index (χ1n) is 12.0. The fourth-order valence-electron chi connectivity index (χ4n) is 4.44. The molecule has 0 saturated carbocycles. The molecule has 0 N–H and O–H groups in total. The van der Waals surface area contributed by atoms with Crippen LogP contribution in [0.15, 0.2) is 82.5 Å². The highest BCUT2D eigenvalue weighted by Gasteiger charge is 2.17. The van der Waals surface area contributed by atoms with Gasteiger partial charge in [-0.15, -0.1) is 0 Å². The van der Waals surface area contributed by atoms with Crippen molar-refractivity contribution >= 4 is 21.9 Å². The van der Waals surface area contributed by atoms with E-state index in [1.807, 2.05) is 91.3 Å². The van der Waals surface area contributed by atoms with Gasteiger partial charge < -0.3 is 9.30 Å². The van der Waals surface area contributed by atoms with Gasteiger partial charge in [-0.05, 0) is 55.3 Å². The Hall–Kier alpha value is -4.13. The normalized spacial score (nSPS) is 11.4. The van der Waals surface area contributed by atoms with E-state index in [4.69, 9.17) is 4.74 Å². The summed E-state index contributed by atoms with van der Waals surface area (Å²) in [7, 11) is 0. The summed E-state index contributed by atoms with van der Waals surface area (Å²) < 4.78 is 10.9. The zero-order chi connectivity index (χ0) is 24.4. The highest BCUT2D eigenvalue weighted by molar-refractivity contribution is 5.78. The molecule has 0 radical (unpaired) electrons. The second-order valence-electron chi connectivity index (χ2n) is 8.59. The maximum absolute atomic E-state index is 13.3. The Morgan fingerprint density at radius 1 is 0.829 bits per heavy atom. The minimum atomic E-state index is -0.257. The summed E-state index contributed by atoms with van der Waals surface area (Å²) in [6.45, 7) is 5.32. The largest absolute Gasteiger partial charge is 0.487 e. The van der Waals surface area contributed by atoms with Crippen molar-refractivity contribution in [1.29, 1.82) is 0 Å². The summed E-state index contributed by atoms with van der Waals surface area (Å²) in [4.78, 5) is 30.8. The zero-order valence-corrected chi connectivity index (χ0v) is 20.0. The third-order valence-corrected chi connectivity index (χ3v) is 6.12. The van der Waals surface area contributed by atoms with Crippen LogP contribution >= 0.6 is 0 Å². The molecule has 0 atom stereocenters. The Labute approximate surface area is 202 Å². The lowest BCUT2D eigenvalue weighted by molar-refractivity contribution is 0.302. The predicted molar refractivity (Wildman–Crippen MR) is 138 cm³/mol. The van der Waals surface area contributed by atoms with E-state index in [2.05, 4.69) is 4.98 Å². The van der Waals surface area contributed by atoms with Crippen molar-refractivity contribution < 1.29 is 4.74 Å². The Bertz CT molecular complexity index is 1610. The maximum atomic E-state index is 13.3. The molecule has 7 heteroatoms. The number of hydrogen-bond acceptors (Lipinski definition) is 4. The first kappa shape index (κ1) is 22.7. The Kier molecular flexibility index (Phi) is 6.23. The smallest absolute Gasteiger partial charge is 0.331 e. The molecule has 0 aliphatic rings. The number of aryl methyl sites for hydroxylation is 1. The third-order valence-electron chi connectivity index (χ3n) is 6.12. The lowest BCUT2D eigenvalue weighted by Gasteiger charge is -2.13. The SMILES string of the molecule is CCCn1c(=O)c2c(ccn2-c2ccc(OCc3ccc4ccccc4n3)cc2)n(CCC)c1=O. The van der Waals surface area contributed by atoms with E-state index in [1.165, 1.54) is 4.57 Å². The summed E-state index contributed by atoms with van der Waals surface area (Å²) in [5.74, 6) is 0.714. The van der Waals surface area contributed by atoms with Crippen LogP contribution in [-0.4, -0.2) is 18.7 Å². The van der Waals surface area contributed by atoms with E-state index in [0.29, 0.717) is 42.9 Å². The molecular weight excluding hydrogens is 440 g/mol. The van der Waals surface area contributed by atoms with Crippen LogP contribution in [0.3, 0.4) is 0 Å². The van der Waals surface area contributed by atoms with Gasteiger partial charge in [0.25, 0.3) is 5.56 Å². The van der Waals surface area contributed by atoms with E-state index in [1.54, 1.807) is 4.57 Å². The molecule has 178 valence electrons. The predicted octanol–water partition coefficient (Wildman–Crippen LogP) is 4.90. The zero-order valence-electron chi connectivity index (χ0n) is 20.0. The van der Waals surface area contributed by atoms with Crippen molar-refractivity contribution in [1.82, 2.24) is 18.7 Å². The maximum Gasteiger partial charge on any atom is 0.331 e. The van der Waals surface area contributed by atoms with Gasteiger partial charge in [0.2, 0.25) is 0 Å². The molecule has 0 aliphatic carbocycles. The van der Waals surface area contributed by atoms with Crippen LogP contribution < -0.4 is 16.0 Å². The molecule has 0 unspecified atom stereocenters. The van der Waals surface area contributed by atoms with Crippen LogP contribution in [0, 0.1) is 0 Å². The van der Waals surface area contributed by atoms with Gasteiger partial charge in [-0.2, -0.15) is 0 Å². The number of rotatable bonds is 8. The van der Waals surface area contributed by atoms with Crippen LogP contribution in [0.2, 0.25) is 0 Å². The summed E-state index contributed by atoms with van der Waals surface area (Å²) in [6.07, 6.45) is 3.37. The monoisotopic (exact) mass is 468 g/mol. The molecule has 0 bridgehead atoms. The number of ether oxygens (including phenoxy) is 1. The van der Waals surface area contributed by atoms with Gasteiger partial charge in [0.1, 0.15) is 17.9 Å². The fraction of sp³-hybridized carbons (Fsp3) is 0.250. The van der Waals surface area contributed by atoms with Gasteiger partial charge in [0.15, 0.2) is 0 Å². The lowest BCUT2D eigenvalue weighted by Crippen LogP contribution is -2.40. The summed E-state index contributed by atoms with van der Waals surface area (Å²) in [5, 5.41) is 1.10. The van der Waals surface area contributed by atoms with Gasteiger partial charge in [-0.3, -0.25) is 13.9 Å². The molecule has 35 heavy (non-hydrogen) atoms. The Morgan fingerprint density at radius 3 is 2.34 bits per heavy atom. The molecule has 7 nitrogen and oxygen atoms in total. The Morgan fingerprint density at radius 2 is 1.57 bits per heavy atom. The molecular formula is C28H28N4O3. The van der Waals surface area contributed by atoms with E-state index in [9.17, 15) is 9.59 Å². The van der Waals surface area contributed by atoms with Crippen LogP contribution in [-0.2, 0) is 19.7 Å². The first-order valence-corrected chi connectivity index (χ1v) is 12.0. The molecule has 0 amide bonds. The van der Waals surface area contributed by atoms with Crippen molar-refractivity contribution in [3.8, 4) is 11.4 Å². The minimum Gasteiger partial charge on any atom is -0.487 e. The second kappa shape index (κ2) is 9.62. The Balaban J connectivity index is 1.44. The van der Waals surface area contributed by atoms with Crippen molar-refractivity contribution in [2.45, 2.75) is 46.4 Å². The molecule has 0 saturated heterocycles. The molecule has 0 spiro atoms. The summed E-state index contributed by atoms with van der Waals surface area (Å²) in [5.41, 5.74) is 3.31. The number of nitrogens with zero attached hydrogens (tertiary/aromatic N) is 4. The van der Waals surface area contributed by atoms with Gasteiger partial charge in [0, 0.05) is 30.4 Å². The van der Waals surface area contributed by atoms with Gasteiger partial charge in [-0.1, -0.05) is 38.1 Å². The van der Waals surface area contributed by atoms with Crippen LogP contribution in [0.25, 0.3) is 27.6 Å². The van der Waals surface area contributed by atoms with Crippen LogP contribution in [0.1, 0.15) is 32.4 Å². The second-order valence-corrected chi connectivity index (χ2v) is 8.59. The van der Waals surface area contributed by atoms with Crippen molar-refractivity contribution in [2.75, 3.05) is 0 Å². The van der Waals surface area contributed by atoms with E-state index >= 15 is 0 Å². The molecule has 3 heterocycles. The van der Waals surface area contributed by atoms with Gasteiger partial charge >= 0.3 is 5.69 Å². The van der Waals surface area contributed by atoms with Crippen molar-refractivity contribution in [2.24, 2.45) is 0 Å². The average molecular weight is 469 g/mol. The molecule has 0 fully saturated rings. The summed E-state index contributed by atoms with van der Waals surface area (Å²) in [6, 6.07) is 21.5. The molecule has 0 aliphatic heterocycles. The van der Waals surface area contributed by atoms with E-state index in [-0.39, 0.29) is 11.2 Å². The number of pyridine rings is 1. The number of hydrogen-bond donors (Lipinski definition) is 0. The number of para-hydroxylation sites is 1. The van der Waals surface area contributed by atoms with Crippen molar-refractivity contribution in [3.05, 3.63) is 99.5 Å². The minimum absolute atomic E-state index is 0.241. The standard InChI is InChI=1S/C28H28N4O3/c1-3-16-31-25-15-18-30(26(25)27(33)32(17-4-2)28(31)34)22-11-13-23(14-12-22)35-19-21-10-9-20-7-5-6-8-24(20)29-21/h5-15,18H,3-4,16-17,19H2,1-2H3. The molecule has 2 aromatic carbocycles. The summed E-state index contributed by atoms with van der Waals surface area (Å²) >= 11 is 0. The molecule has 5 aromatic rings. The lowest BCUT2D eigenvalue weighted by atomic mass is 10.2. The quantitative estimate of drug-likeness (QED) is 0.325. The first-order chi connectivity index (χ1) is 17.1. The van der Waals surface area contributed by atoms with E-state index < -0.39 is 0 Å². The van der Waals surface area contributed by atoms with E-state index in [0.717, 1.165) is 28.7 Å². The van der Waals surface area contributed by atoms with Crippen LogP contribution in [0.4, 0.5) is 0 Å². The topological polar surface area (TPSA) is 71.0 Å². The molecule has 3 aromatic heterocycles. The van der Waals surface area contributed by atoms with Gasteiger partial charge in [-0.25, -0.2) is 9.78 Å².